The molecule has 36 heavy (non-hydrogen) atoms. The molecular weight excluding hydrogens is 462 g/mol. The Hall–Kier alpha value is -4.53. The number of carbonyl (C=O) groups is 1. The van der Waals surface area contributed by atoms with Crippen LogP contribution in [0.25, 0.3) is 6.08 Å². The maximum atomic E-state index is 12.6. The van der Waals surface area contributed by atoms with Gasteiger partial charge in [-0.2, -0.15) is 4.99 Å². The molecule has 0 aromatic heterocycles. The maximum Gasteiger partial charge on any atom is 0.282 e. The number of nitrogens with one attached hydrogen (secondary N) is 1. The smallest absolute Gasteiger partial charge is 0.282 e. The van der Waals surface area contributed by atoms with Gasteiger partial charge in [0.25, 0.3) is 5.91 Å². The molecule has 4 rings (SSSR count). The Labute approximate surface area is 209 Å². The van der Waals surface area contributed by atoms with E-state index in [2.05, 4.69) is 11.6 Å². The van der Waals surface area contributed by atoms with Gasteiger partial charge in [0, 0.05) is 11.6 Å². The fourth-order valence-corrected chi connectivity index (χ4v) is 3.79. The van der Waals surface area contributed by atoms with E-state index in [9.17, 15) is 4.79 Å². The third-order valence-electron chi connectivity index (χ3n) is 5.39. The van der Waals surface area contributed by atoms with Crippen molar-refractivity contribution in [3.63, 3.8) is 0 Å². The summed E-state index contributed by atoms with van der Waals surface area (Å²) in [5.41, 5.74) is 1.56. The first-order chi connectivity index (χ1) is 17.4. The van der Waals surface area contributed by atoms with Crippen molar-refractivity contribution in [2.24, 2.45) is 4.99 Å². The van der Waals surface area contributed by atoms with Gasteiger partial charge < -0.3 is 23.8 Å². The molecule has 1 amide bonds. The van der Waals surface area contributed by atoms with Crippen LogP contribution in [0.5, 0.6) is 23.0 Å². The van der Waals surface area contributed by atoms with Crippen LogP contribution in [0.3, 0.4) is 0 Å². The van der Waals surface area contributed by atoms with Crippen molar-refractivity contribution in [3.8, 4) is 23.0 Å². The van der Waals surface area contributed by atoms with Gasteiger partial charge in [-0.05, 0) is 49.2 Å². The Bertz CT molecular complexity index is 1290. The Morgan fingerprint density at radius 3 is 2.53 bits per heavy atom. The fourth-order valence-electron chi connectivity index (χ4n) is 3.79. The molecule has 9 heteroatoms. The van der Waals surface area contributed by atoms with Crippen molar-refractivity contribution >= 4 is 23.7 Å². The fraction of sp³-hybridized carbons (Fsp3) is 0.222. The molecule has 2 aliphatic heterocycles. The summed E-state index contributed by atoms with van der Waals surface area (Å²) in [6, 6.07) is 11.0. The van der Waals surface area contributed by atoms with E-state index in [1.807, 2.05) is 30.3 Å². The molecule has 0 saturated heterocycles. The van der Waals surface area contributed by atoms with Gasteiger partial charge in [-0.3, -0.25) is 10.2 Å². The molecule has 9 nitrogen and oxygen atoms in total. The first kappa shape index (κ1) is 24.6. The van der Waals surface area contributed by atoms with Crippen molar-refractivity contribution in [1.82, 2.24) is 5.06 Å². The van der Waals surface area contributed by atoms with Crippen LogP contribution in [0.15, 0.2) is 71.5 Å². The number of benzene rings is 2. The van der Waals surface area contributed by atoms with Gasteiger partial charge in [-0.15, -0.1) is 11.6 Å². The van der Waals surface area contributed by atoms with Crippen molar-refractivity contribution in [2.45, 2.75) is 13.3 Å². The summed E-state index contributed by atoms with van der Waals surface area (Å²) in [5, 5.41) is 9.66. The predicted molar refractivity (Wildman–Crippen MR) is 136 cm³/mol. The number of hydrogen-bond acceptors (Lipinski definition) is 7. The summed E-state index contributed by atoms with van der Waals surface area (Å²) < 4.78 is 22.7. The van der Waals surface area contributed by atoms with Crippen LogP contribution in [0, 0.1) is 5.41 Å². The average molecular weight is 490 g/mol. The van der Waals surface area contributed by atoms with Crippen molar-refractivity contribution in [2.75, 3.05) is 27.4 Å². The summed E-state index contributed by atoms with van der Waals surface area (Å²) >= 11 is 0. The number of amidine groups is 2. The third-order valence-corrected chi connectivity index (χ3v) is 5.39. The summed E-state index contributed by atoms with van der Waals surface area (Å²) in [7, 11) is 3.13. The van der Waals surface area contributed by atoms with E-state index >= 15 is 0 Å². The molecule has 0 fully saturated rings. The number of aliphatic imine (C=N–C) groups is 1. The minimum atomic E-state index is -0.515. The largest absolute Gasteiger partial charge is 0.493 e. The van der Waals surface area contributed by atoms with Gasteiger partial charge in [0.2, 0.25) is 0 Å². The van der Waals surface area contributed by atoms with Crippen molar-refractivity contribution in [1.29, 1.82) is 5.41 Å². The van der Waals surface area contributed by atoms with E-state index in [1.54, 1.807) is 45.4 Å². The molecule has 2 heterocycles. The number of para-hydroxylation sites is 2. The van der Waals surface area contributed by atoms with Crippen LogP contribution < -0.4 is 18.9 Å². The number of carbonyl (C=O) groups excluding carboxylic acids is 1. The molecule has 1 N–H and O–H groups in total. The molecule has 2 aliphatic rings. The quantitative estimate of drug-likeness (QED) is 0.301. The van der Waals surface area contributed by atoms with E-state index in [4.69, 9.17) is 29.2 Å². The lowest BCUT2D eigenvalue weighted by Gasteiger charge is -2.23. The Kier molecular flexibility index (Phi) is 7.39. The molecule has 0 unspecified atom stereocenters. The highest BCUT2D eigenvalue weighted by Crippen LogP contribution is 2.35. The number of methoxy groups -OCH3 is 2. The predicted octanol–water partition coefficient (Wildman–Crippen LogP) is 4.34. The second kappa shape index (κ2) is 10.8. The molecule has 0 radical (unpaired) electrons. The summed E-state index contributed by atoms with van der Waals surface area (Å²) in [6.45, 7) is 6.12. The Morgan fingerprint density at radius 2 is 1.81 bits per heavy atom. The van der Waals surface area contributed by atoms with Gasteiger partial charge in [0.15, 0.2) is 34.7 Å². The lowest BCUT2D eigenvalue weighted by molar-refractivity contribution is -0.114. The zero-order chi connectivity index (χ0) is 25.7. The van der Waals surface area contributed by atoms with Gasteiger partial charge in [0.1, 0.15) is 19.0 Å². The van der Waals surface area contributed by atoms with E-state index in [0.717, 1.165) is 5.56 Å². The monoisotopic (exact) mass is 489 g/mol. The number of hydroxylamine groups is 2. The lowest BCUT2D eigenvalue weighted by Crippen LogP contribution is -2.38. The molecule has 0 bridgehead atoms. The van der Waals surface area contributed by atoms with Crippen LogP contribution in [-0.2, 0) is 16.1 Å². The second-order valence-electron chi connectivity index (χ2n) is 7.87. The maximum absolute atomic E-state index is 12.6. The first-order valence-corrected chi connectivity index (χ1v) is 11.3. The molecule has 0 atom stereocenters. The molecule has 0 saturated carbocycles. The van der Waals surface area contributed by atoms with Crippen LogP contribution in [0.1, 0.15) is 18.1 Å². The summed E-state index contributed by atoms with van der Waals surface area (Å²) in [5.74, 6) is 2.55. The zero-order valence-electron chi connectivity index (χ0n) is 20.4. The first-order valence-electron chi connectivity index (χ1n) is 11.3. The minimum Gasteiger partial charge on any atom is -0.493 e. The van der Waals surface area contributed by atoms with Gasteiger partial charge >= 0.3 is 0 Å². The molecular formula is C27H27N3O6. The number of rotatable bonds is 10. The number of ether oxygens (including phenoxy) is 4. The van der Waals surface area contributed by atoms with Crippen LogP contribution in [0.4, 0.5) is 0 Å². The van der Waals surface area contributed by atoms with Crippen molar-refractivity contribution < 1.29 is 28.6 Å². The number of fused-ring (bicyclic) bond motifs is 1. The second-order valence-corrected chi connectivity index (χ2v) is 7.87. The summed E-state index contributed by atoms with van der Waals surface area (Å²) in [6.07, 6.45) is 5.45. The van der Waals surface area contributed by atoms with E-state index < -0.39 is 5.91 Å². The summed E-state index contributed by atoms with van der Waals surface area (Å²) in [4.78, 5) is 22.1. The standard InChI is InChI=1S/C27H27N3O6/c1-5-8-19-14-18(15-20-26(28)30-24(29-27(20)31)13-17(2)36-30)16-23(33-4)25(19)35-12-11-34-22-10-7-6-9-21(22)32-3/h5-7,9-10,13-16,28H,1,8,11-12H2,2-4H3/b20-15-,28-26?. The number of amides is 1. The van der Waals surface area contributed by atoms with Gasteiger partial charge in [-0.25, -0.2) is 0 Å². The number of hydrogen-bond donors (Lipinski definition) is 1. The van der Waals surface area contributed by atoms with Crippen molar-refractivity contribution in [3.05, 3.63) is 77.6 Å². The topological polar surface area (TPSA) is 103 Å². The molecule has 2 aromatic rings. The lowest BCUT2D eigenvalue weighted by atomic mass is 10.0. The third kappa shape index (κ3) is 5.10. The van der Waals surface area contributed by atoms with E-state index in [-0.39, 0.29) is 24.6 Å². The SMILES string of the molecule is C=CCc1cc(/C=C2/C(=N)N3OC(C)=CC3=NC2=O)cc(OC)c1OCCOc1ccccc1OC. The minimum absolute atomic E-state index is 0.0869. The Balaban J connectivity index is 1.55. The normalized spacial score (nSPS) is 15.6. The zero-order valence-corrected chi connectivity index (χ0v) is 20.4. The van der Waals surface area contributed by atoms with Crippen LogP contribution in [-0.4, -0.2) is 50.1 Å². The highest BCUT2D eigenvalue weighted by molar-refractivity contribution is 6.32. The van der Waals surface area contributed by atoms with E-state index in [1.165, 1.54) is 5.06 Å². The Morgan fingerprint density at radius 1 is 1.08 bits per heavy atom. The molecule has 2 aromatic carbocycles. The van der Waals surface area contributed by atoms with Gasteiger partial charge in [0.05, 0.1) is 19.8 Å². The number of allylic oxidation sites excluding steroid dienone is 2. The van der Waals surface area contributed by atoms with Crippen LogP contribution >= 0.6 is 0 Å². The number of nitrogens with zero attached hydrogens (tertiary/aromatic N) is 2. The highest BCUT2D eigenvalue weighted by atomic mass is 16.7. The molecule has 0 aliphatic carbocycles. The molecule has 0 spiro atoms. The highest BCUT2D eigenvalue weighted by Gasteiger charge is 2.34. The van der Waals surface area contributed by atoms with Crippen LogP contribution in [0.2, 0.25) is 0 Å². The molecule has 186 valence electrons. The average Bonchev–Trinajstić information content (AvgIpc) is 3.25. The van der Waals surface area contributed by atoms with E-state index in [0.29, 0.717) is 46.6 Å². The van der Waals surface area contributed by atoms with Gasteiger partial charge in [-0.1, -0.05) is 18.2 Å².